The van der Waals surface area contributed by atoms with Crippen LogP contribution in [0.3, 0.4) is 0 Å². The molecule has 0 bridgehead atoms. The predicted octanol–water partition coefficient (Wildman–Crippen LogP) is 3.01. The molecule has 0 spiro atoms. The van der Waals surface area contributed by atoms with Gasteiger partial charge in [-0.1, -0.05) is 23.7 Å². The van der Waals surface area contributed by atoms with Crippen LogP contribution in [0.4, 0.5) is 0 Å². The Morgan fingerprint density at radius 3 is 2.72 bits per heavy atom. The summed E-state index contributed by atoms with van der Waals surface area (Å²) in [5.74, 6) is 0.570. The first-order valence-electron chi connectivity index (χ1n) is 10.4. The van der Waals surface area contributed by atoms with Gasteiger partial charge in [-0.25, -0.2) is 0 Å². The van der Waals surface area contributed by atoms with Gasteiger partial charge in [0.1, 0.15) is 0 Å². The number of hydrogen-bond donors (Lipinski definition) is 1. The molecule has 29 heavy (non-hydrogen) atoms. The van der Waals surface area contributed by atoms with E-state index in [4.69, 9.17) is 11.6 Å². The van der Waals surface area contributed by atoms with E-state index in [1.165, 1.54) is 0 Å². The van der Waals surface area contributed by atoms with Crippen molar-refractivity contribution >= 4 is 23.4 Å². The Kier molecular flexibility index (Phi) is 5.90. The van der Waals surface area contributed by atoms with E-state index in [-0.39, 0.29) is 11.8 Å². The lowest BCUT2D eigenvalue weighted by Gasteiger charge is -2.33. The van der Waals surface area contributed by atoms with Crippen molar-refractivity contribution in [2.75, 3.05) is 19.6 Å². The average molecular weight is 415 g/mol. The molecule has 1 aliphatic carbocycles. The maximum Gasteiger partial charge on any atom is 0.230 e. The van der Waals surface area contributed by atoms with E-state index in [1.807, 2.05) is 41.4 Å². The van der Waals surface area contributed by atoms with Crippen LogP contribution in [0.15, 0.2) is 42.7 Å². The Morgan fingerprint density at radius 2 is 2.03 bits per heavy atom. The van der Waals surface area contributed by atoms with Crippen molar-refractivity contribution in [3.05, 3.63) is 53.3 Å². The second kappa shape index (κ2) is 8.57. The Hall–Kier alpha value is -2.34. The van der Waals surface area contributed by atoms with E-state index < -0.39 is 5.41 Å². The van der Waals surface area contributed by atoms with Crippen LogP contribution in [0.1, 0.15) is 37.7 Å². The van der Waals surface area contributed by atoms with Crippen LogP contribution in [0.25, 0.3) is 0 Å². The third-order valence-corrected chi connectivity index (χ3v) is 6.37. The summed E-state index contributed by atoms with van der Waals surface area (Å²) in [7, 11) is 0. The number of benzene rings is 1. The van der Waals surface area contributed by atoms with Gasteiger partial charge in [0.25, 0.3) is 0 Å². The minimum Gasteiger partial charge on any atom is -0.355 e. The second-order valence-electron chi connectivity index (χ2n) is 8.17. The second-order valence-corrected chi connectivity index (χ2v) is 8.60. The van der Waals surface area contributed by atoms with Crippen molar-refractivity contribution in [2.24, 2.45) is 5.92 Å². The summed E-state index contributed by atoms with van der Waals surface area (Å²) >= 11 is 5.98. The van der Waals surface area contributed by atoms with Crippen molar-refractivity contribution in [3.63, 3.8) is 0 Å². The fourth-order valence-electron chi connectivity index (χ4n) is 4.21. The Morgan fingerprint density at radius 1 is 1.24 bits per heavy atom. The van der Waals surface area contributed by atoms with Gasteiger partial charge in [0.05, 0.1) is 5.41 Å². The SMILES string of the molecule is O=C(CCn1cccn1)N1CCCC(CNC(=O)C2(c3ccc(Cl)cc3)CC2)C1. The first kappa shape index (κ1) is 20.0. The van der Waals surface area contributed by atoms with Crippen LogP contribution in [-0.2, 0) is 21.5 Å². The molecule has 2 amide bonds. The van der Waals surface area contributed by atoms with Crippen LogP contribution in [-0.4, -0.2) is 46.1 Å². The van der Waals surface area contributed by atoms with Gasteiger partial charge in [0.15, 0.2) is 0 Å². The molecule has 7 heteroatoms. The monoisotopic (exact) mass is 414 g/mol. The average Bonchev–Trinajstić information content (AvgIpc) is 3.39. The van der Waals surface area contributed by atoms with Gasteiger partial charge in [0, 0.05) is 50.0 Å². The van der Waals surface area contributed by atoms with Crippen molar-refractivity contribution in [1.82, 2.24) is 20.0 Å². The van der Waals surface area contributed by atoms with Crippen LogP contribution in [0, 0.1) is 5.92 Å². The molecule has 2 fully saturated rings. The number of aromatic nitrogens is 2. The maximum atomic E-state index is 12.9. The molecular weight excluding hydrogens is 388 g/mol. The number of rotatable bonds is 7. The summed E-state index contributed by atoms with van der Waals surface area (Å²) in [6.45, 7) is 2.74. The van der Waals surface area contributed by atoms with Gasteiger partial charge < -0.3 is 10.2 Å². The van der Waals surface area contributed by atoms with Crippen LogP contribution >= 0.6 is 11.6 Å². The maximum absolute atomic E-state index is 12.9. The zero-order chi connectivity index (χ0) is 20.3. The molecule has 1 saturated carbocycles. The van der Waals surface area contributed by atoms with Gasteiger partial charge in [-0.3, -0.25) is 14.3 Å². The fourth-order valence-corrected chi connectivity index (χ4v) is 4.33. The fraction of sp³-hybridized carbons (Fsp3) is 0.500. The molecule has 1 atom stereocenters. The summed E-state index contributed by atoms with van der Waals surface area (Å²) in [6.07, 6.45) is 7.83. The molecule has 0 radical (unpaired) electrons. The number of aryl methyl sites for hydroxylation is 1. The summed E-state index contributed by atoms with van der Waals surface area (Å²) in [5, 5.41) is 7.99. The van der Waals surface area contributed by atoms with E-state index in [2.05, 4.69) is 10.4 Å². The molecule has 2 heterocycles. The number of amides is 2. The van der Waals surface area contributed by atoms with Gasteiger partial charge in [-0.2, -0.15) is 5.10 Å². The molecular formula is C22H27ClN4O2. The standard InChI is InChI=1S/C22H27ClN4O2/c23-19-6-4-18(5-7-19)22(9-10-22)21(29)24-15-17-3-1-12-26(16-17)20(28)8-14-27-13-2-11-25-27/h2,4-7,11,13,17H,1,3,8-10,12,14-16H2,(H,24,29). The van der Waals surface area contributed by atoms with Gasteiger partial charge >= 0.3 is 0 Å². The van der Waals surface area contributed by atoms with E-state index in [0.29, 0.717) is 37.0 Å². The quantitative estimate of drug-likeness (QED) is 0.757. The van der Waals surface area contributed by atoms with Crippen LogP contribution in [0.2, 0.25) is 5.02 Å². The highest BCUT2D eigenvalue weighted by atomic mass is 35.5. The number of hydrogen-bond acceptors (Lipinski definition) is 3. The highest BCUT2D eigenvalue weighted by Crippen LogP contribution is 2.48. The zero-order valence-electron chi connectivity index (χ0n) is 16.5. The molecule has 1 N–H and O–H groups in total. The minimum atomic E-state index is -0.390. The number of nitrogens with zero attached hydrogens (tertiary/aromatic N) is 3. The van der Waals surface area contributed by atoms with Crippen LogP contribution in [0.5, 0.6) is 0 Å². The summed E-state index contributed by atoms with van der Waals surface area (Å²) in [5.41, 5.74) is 0.650. The molecule has 1 saturated heterocycles. The number of likely N-dealkylation sites (tertiary alicyclic amines) is 1. The Balaban J connectivity index is 1.26. The topological polar surface area (TPSA) is 67.2 Å². The lowest BCUT2D eigenvalue weighted by Crippen LogP contribution is -2.45. The number of carbonyl (C=O) groups excluding carboxylic acids is 2. The van der Waals surface area contributed by atoms with Crippen molar-refractivity contribution in [1.29, 1.82) is 0 Å². The number of piperidine rings is 1. The Labute approximate surface area is 176 Å². The Bertz CT molecular complexity index is 846. The third kappa shape index (κ3) is 4.64. The summed E-state index contributed by atoms with van der Waals surface area (Å²) in [6, 6.07) is 9.46. The van der Waals surface area contributed by atoms with E-state index in [9.17, 15) is 9.59 Å². The molecule has 2 aromatic rings. The van der Waals surface area contributed by atoms with Gasteiger partial charge in [-0.15, -0.1) is 0 Å². The zero-order valence-corrected chi connectivity index (χ0v) is 17.3. The van der Waals surface area contributed by atoms with Crippen molar-refractivity contribution < 1.29 is 9.59 Å². The largest absolute Gasteiger partial charge is 0.355 e. The van der Waals surface area contributed by atoms with Gasteiger partial charge in [-0.05, 0) is 55.4 Å². The smallest absolute Gasteiger partial charge is 0.230 e. The molecule has 2 aliphatic rings. The number of carbonyl (C=O) groups is 2. The van der Waals surface area contributed by atoms with Crippen molar-refractivity contribution in [2.45, 2.75) is 44.1 Å². The molecule has 6 nitrogen and oxygen atoms in total. The number of halogens is 1. The lowest BCUT2D eigenvalue weighted by molar-refractivity contribution is -0.133. The van der Waals surface area contributed by atoms with Crippen LogP contribution < -0.4 is 5.32 Å². The minimum absolute atomic E-state index is 0.0990. The van der Waals surface area contributed by atoms with E-state index in [1.54, 1.807) is 10.9 Å². The molecule has 154 valence electrons. The highest BCUT2D eigenvalue weighted by Gasteiger charge is 2.51. The third-order valence-electron chi connectivity index (χ3n) is 6.12. The first-order valence-corrected chi connectivity index (χ1v) is 10.7. The number of nitrogens with one attached hydrogen (secondary N) is 1. The van der Waals surface area contributed by atoms with E-state index >= 15 is 0 Å². The lowest BCUT2D eigenvalue weighted by atomic mass is 9.93. The molecule has 4 rings (SSSR count). The normalized spacial score (nSPS) is 20.3. The molecule has 1 aromatic heterocycles. The summed E-state index contributed by atoms with van der Waals surface area (Å²) < 4.78 is 1.78. The molecule has 1 aliphatic heterocycles. The summed E-state index contributed by atoms with van der Waals surface area (Å²) in [4.78, 5) is 27.4. The molecule has 1 unspecified atom stereocenters. The highest BCUT2D eigenvalue weighted by molar-refractivity contribution is 6.30. The molecule has 1 aromatic carbocycles. The van der Waals surface area contributed by atoms with E-state index in [0.717, 1.165) is 37.8 Å². The first-order chi connectivity index (χ1) is 14.1. The predicted molar refractivity (Wildman–Crippen MR) is 112 cm³/mol. The van der Waals surface area contributed by atoms with Gasteiger partial charge in [0.2, 0.25) is 11.8 Å². The van der Waals surface area contributed by atoms with Crippen molar-refractivity contribution in [3.8, 4) is 0 Å².